The SMILES string of the molecule is [2H]C([2H])(CO)N(Cc1ccccc1)C(=O)c1cc(Br)ccc1F.[2H]C1([2H])COc2ccc(Br)cc2C(=O)N1Cc1ccccc1. The van der Waals surface area contributed by atoms with Crippen LogP contribution in [0.4, 0.5) is 4.39 Å². The van der Waals surface area contributed by atoms with Crippen molar-refractivity contribution in [1.29, 1.82) is 0 Å². The summed E-state index contributed by atoms with van der Waals surface area (Å²) in [5.74, 6) is -1.54. The summed E-state index contributed by atoms with van der Waals surface area (Å²) in [6.07, 6.45) is 0. The third-order valence-electron chi connectivity index (χ3n) is 5.93. The van der Waals surface area contributed by atoms with Crippen molar-refractivity contribution >= 4 is 43.7 Å². The van der Waals surface area contributed by atoms with E-state index < -0.39 is 31.3 Å². The van der Waals surface area contributed by atoms with Crippen molar-refractivity contribution in [3.63, 3.8) is 0 Å². The molecule has 1 N–H and O–H groups in total. The van der Waals surface area contributed by atoms with Gasteiger partial charge in [-0.15, -0.1) is 0 Å². The van der Waals surface area contributed by atoms with Crippen LogP contribution in [0.15, 0.2) is 106 Å². The van der Waals surface area contributed by atoms with E-state index in [9.17, 15) is 19.1 Å². The largest absolute Gasteiger partial charge is 0.491 e. The molecule has 41 heavy (non-hydrogen) atoms. The number of fused-ring (bicyclic) bond motifs is 1. The first kappa shape index (κ1) is 25.2. The Morgan fingerprint density at radius 1 is 0.976 bits per heavy atom. The molecule has 0 unspecified atom stereocenters. The number of halogens is 3. The molecule has 0 spiro atoms. The van der Waals surface area contributed by atoms with Gasteiger partial charge in [-0.25, -0.2) is 4.39 Å². The van der Waals surface area contributed by atoms with E-state index in [-0.39, 0.29) is 31.2 Å². The van der Waals surface area contributed by atoms with E-state index in [1.165, 1.54) is 17.0 Å². The number of hydrogen-bond donors (Lipinski definition) is 1. The van der Waals surface area contributed by atoms with Gasteiger partial charge in [-0.1, -0.05) is 92.5 Å². The first-order valence-electron chi connectivity index (χ1n) is 14.5. The number of amides is 2. The minimum atomic E-state index is -2.32. The van der Waals surface area contributed by atoms with Gasteiger partial charge in [0, 0.05) is 28.5 Å². The molecule has 1 aliphatic rings. The van der Waals surface area contributed by atoms with Gasteiger partial charge < -0.3 is 19.6 Å². The van der Waals surface area contributed by atoms with Gasteiger partial charge in [0.2, 0.25) is 0 Å². The average Bonchev–Trinajstić information content (AvgIpc) is 3.11. The molecule has 1 heterocycles. The van der Waals surface area contributed by atoms with Gasteiger partial charge in [-0.05, 0) is 47.5 Å². The van der Waals surface area contributed by atoms with Crippen LogP contribution < -0.4 is 4.74 Å². The number of hydrogen-bond acceptors (Lipinski definition) is 4. The minimum Gasteiger partial charge on any atom is -0.491 e. The van der Waals surface area contributed by atoms with Crippen molar-refractivity contribution in [1.82, 2.24) is 9.80 Å². The Labute approximate surface area is 261 Å². The molecule has 4 aromatic rings. The van der Waals surface area contributed by atoms with Gasteiger partial charge in [-0.3, -0.25) is 9.59 Å². The molecule has 5 rings (SSSR count). The summed E-state index contributed by atoms with van der Waals surface area (Å²) in [4.78, 5) is 27.5. The Hall–Kier alpha value is -3.53. The Morgan fingerprint density at radius 2 is 1.61 bits per heavy atom. The molecular formula is C32H29Br2FN2O4. The predicted molar refractivity (Wildman–Crippen MR) is 163 cm³/mol. The third kappa shape index (κ3) is 8.48. The third-order valence-corrected chi connectivity index (χ3v) is 6.92. The van der Waals surface area contributed by atoms with Crippen LogP contribution in [0.5, 0.6) is 5.75 Å². The first-order chi connectivity index (χ1) is 21.3. The average molecular weight is 688 g/mol. The number of aliphatic hydroxyl groups excluding tert-OH is 1. The van der Waals surface area contributed by atoms with Crippen LogP contribution in [0.2, 0.25) is 0 Å². The number of carbonyl (C=O) groups is 2. The lowest BCUT2D eigenvalue weighted by Crippen LogP contribution is -2.33. The molecule has 6 nitrogen and oxygen atoms in total. The van der Waals surface area contributed by atoms with E-state index in [4.69, 9.17) is 10.2 Å². The van der Waals surface area contributed by atoms with Gasteiger partial charge in [0.25, 0.3) is 11.8 Å². The molecule has 9 heteroatoms. The Kier molecular flexibility index (Phi) is 9.17. The molecule has 1 aliphatic heterocycles. The maximum Gasteiger partial charge on any atom is 0.258 e. The first-order valence-corrected chi connectivity index (χ1v) is 14.1. The summed E-state index contributed by atoms with van der Waals surface area (Å²) in [5, 5.41) is 9.29. The highest BCUT2D eigenvalue weighted by Crippen LogP contribution is 2.27. The summed E-state index contributed by atoms with van der Waals surface area (Å²) >= 11 is 6.51. The van der Waals surface area contributed by atoms with Crippen molar-refractivity contribution in [2.24, 2.45) is 0 Å². The molecule has 4 aromatic carbocycles. The predicted octanol–water partition coefficient (Wildman–Crippen LogP) is 6.71. The standard InChI is InChI=1S/C16H15BrFNO2.C16H14BrNO2/c17-13-6-7-15(18)14(10-13)16(21)19(8-9-20)11-12-4-2-1-3-5-12;17-13-6-7-15-14(10-13)16(19)18(8-9-20-15)11-12-4-2-1-3-5-12/h1-7,10,20H,8-9,11H2;1-7,10H,8-9,11H2/i2*8D2. The van der Waals surface area contributed by atoms with Crippen molar-refractivity contribution in [2.75, 3.05) is 26.2 Å². The number of ether oxygens (including phenoxy) is 1. The van der Waals surface area contributed by atoms with Crippen LogP contribution >= 0.6 is 31.9 Å². The van der Waals surface area contributed by atoms with Crippen LogP contribution in [0.3, 0.4) is 0 Å². The lowest BCUT2D eigenvalue weighted by molar-refractivity contribution is 0.0702. The highest BCUT2D eigenvalue weighted by Gasteiger charge is 2.24. The molecule has 0 radical (unpaired) electrons. The minimum absolute atomic E-state index is 0.0841. The zero-order valence-electron chi connectivity index (χ0n) is 25.8. The number of nitrogens with zero attached hydrogens (tertiary/aromatic N) is 2. The van der Waals surface area contributed by atoms with Crippen molar-refractivity contribution in [2.45, 2.75) is 13.1 Å². The summed E-state index contributed by atoms with van der Waals surface area (Å²) in [5.41, 5.74) is 1.66. The van der Waals surface area contributed by atoms with Gasteiger partial charge in [-0.2, -0.15) is 0 Å². The second-order valence-corrected chi connectivity index (χ2v) is 10.6. The lowest BCUT2D eigenvalue weighted by Gasteiger charge is -2.22. The monoisotopic (exact) mass is 686 g/mol. The normalized spacial score (nSPS) is 15.4. The van der Waals surface area contributed by atoms with Crippen LogP contribution in [-0.2, 0) is 13.1 Å². The quantitative estimate of drug-likeness (QED) is 0.235. The summed E-state index contributed by atoms with van der Waals surface area (Å²) in [7, 11) is 0. The molecule has 0 atom stereocenters. The number of aliphatic hydroxyl groups is 1. The second kappa shape index (κ2) is 14.9. The molecule has 2 amide bonds. The summed E-state index contributed by atoms with van der Waals surface area (Å²) in [6, 6.07) is 27.1. The van der Waals surface area contributed by atoms with Gasteiger partial charge in [0.05, 0.1) is 29.7 Å². The summed E-state index contributed by atoms with van der Waals surface area (Å²) < 4.78 is 52.8. The lowest BCUT2D eigenvalue weighted by atomic mass is 10.1. The van der Waals surface area contributed by atoms with Crippen molar-refractivity contribution in [3.8, 4) is 5.75 Å². The maximum atomic E-state index is 14.0. The fourth-order valence-electron chi connectivity index (χ4n) is 3.95. The molecular weight excluding hydrogens is 655 g/mol. The van der Waals surface area contributed by atoms with Crippen LogP contribution in [0, 0.1) is 5.82 Å². The van der Waals surface area contributed by atoms with Crippen molar-refractivity contribution in [3.05, 3.63) is 134 Å². The van der Waals surface area contributed by atoms with Crippen LogP contribution in [0.25, 0.3) is 0 Å². The second-order valence-electron chi connectivity index (χ2n) is 8.78. The molecule has 212 valence electrons. The zero-order chi connectivity index (χ0) is 32.8. The molecule has 0 saturated heterocycles. The van der Waals surface area contributed by atoms with Gasteiger partial charge in [0.1, 0.15) is 18.2 Å². The number of carbonyl (C=O) groups excluding carboxylic acids is 2. The molecule has 0 aliphatic carbocycles. The van der Waals surface area contributed by atoms with Gasteiger partial charge >= 0.3 is 0 Å². The zero-order valence-corrected chi connectivity index (χ0v) is 24.9. The highest BCUT2D eigenvalue weighted by atomic mass is 79.9. The van der Waals surface area contributed by atoms with E-state index in [1.54, 1.807) is 48.5 Å². The molecule has 0 fully saturated rings. The van der Waals surface area contributed by atoms with E-state index >= 15 is 0 Å². The maximum absolute atomic E-state index is 14.0. The van der Waals surface area contributed by atoms with E-state index in [0.29, 0.717) is 21.3 Å². The molecule has 0 saturated carbocycles. The fraction of sp³-hybridized carbons (Fsp3) is 0.188. The van der Waals surface area contributed by atoms with Crippen LogP contribution in [-0.4, -0.2) is 52.9 Å². The topological polar surface area (TPSA) is 70.1 Å². The van der Waals surface area contributed by atoms with E-state index in [0.717, 1.165) is 21.0 Å². The molecule has 0 bridgehead atoms. The Bertz CT molecular complexity index is 1650. The summed E-state index contributed by atoms with van der Waals surface area (Å²) in [6.45, 7) is -5.16. The smallest absolute Gasteiger partial charge is 0.258 e. The van der Waals surface area contributed by atoms with Gasteiger partial charge in [0.15, 0.2) is 0 Å². The van der Waals surface area contributed by atoms with E-state index in [2.05, 4.69) is 31.9 Å². The van der Waals surface area contributed by atoms with E-state index in [1.807, 2.05) is 30.3 Å². The Morgan fingerprint density at radius 3 is 2.29 bits per heavy atom. The number of rotatable bonds is 7. The van der Waals surface area contributed by atoms with Crippen LogP contribution in [0.1, 0.15) is 37.3 Å². The number of benzene rings is 4. The molecule has 0 aromatic heterocycles. The van der Waals surface area contributed by atoms with Crippen molar-refractivity contribution < 1.29 is 29.3 Å². The fourth-order valence-corrected chi connectivity index (χ4v) is 4.67. The Balaban J connectivity index is 0.000000205. The highest BCUT2D eigenvalue weighted by molar-refractivity contribution is 9.10.